The van der Waals surface area contributed by atoms with Gasteiger partial charge in [0.05, 0.1) is 25.0 Å². The zero-order valence-electron chi connectivity index (χ0n) is 14.5. The third-order valence-electron chi connectivity index (χ3n) is 3.79. The Morgan fingerprint density at radius 3 is 2.67 bits per heavy atom. The van der Waals surface area contributed by atoms with Crippen LogP contribution in [0, 0.1) is 5.82 Å². The lowest BCUT2D eigenvalue weighted by Gasteiger charge is -2.32. The maximum absolute atomic E-state index is 14.0. The van der Waals surface area contributed by atoms with Gasteiger partial charge in [0.25, 0.3) is 0 Å². The number of amides is 2. The van der Waals surface area contributed by atoms with Crippen LogP contribution in [0.3, 0.4) is 0 Å². The first kappa shape index (κ1) is 18.5. The zero-order chi connectivity index (χ0) is 17.5. The van der Waals surface area contributed by atoms with E-state index in [2.05, 4.69) is 15.5 Å². The molecule has 134 valence electrons. The van der Waals surface area contributed by atoms with Gasteiger partial charge in [-0.3, -0.25) is 4.90 Å². The molecule has 2 N–H and O–H groups in total. The Balaban J connectivity index is 1.81. The number of anilines is 1. The van der Waals surface area contributed by atoms with Crippen LogP contribution in [0.1, 0.15) is 20.8 Å². The van der Waals surface area contributed by atoms with Gasteiger partial charge in [-0.1, -0.05) is 0 Å². The van der Waals surface area contributed by atoms with E-state index in [1.54, 1.807) is 6.07 Å². The van der Waals surface area contributed by atoms with E-state index in [1.807, 2.05) is 20.8 Å². The summed E-state index contributed by atoms with van der Waals surface area (Å²) in [6.07, 6.45) is -0.0341. The number of carbonyl (C=O) groups is 1. The summed E-state index contributed by atoms with van der Waals surface area (Å²) < 4.78 is 24.7. The Labute approximate surface area is 142 Å². The third kappa shape index (κ3) is 5.65. The van der Waals surface area contributed by atoms with Crippen molar-refractivity contribution in [1.29, 1.82) is 0 Å². The highest BCUT2D eigenvalue weighted by Crippen LogP contribution is 2.21. The van der Waals surface area contributed by atoms with E-state index in [0.717, 1.165) is 13.1 Å². The summed E-state index contributed by atoms with van der Waals surface area (Å²) in [5.74, 6) is -0.0843. The molecule has 1 aliphatic rings. The second kappa shape index (κ2) is 8.84. The predicted octanol–water partition coefficient (Wildman–Crippen LogP) is 2.46. The maximum Gasteiger partial charge on any atom is 0.319 e. The number of ether oxygens (including phenoxy) is 2. The number of nitrogens with zero attached hydrogens (tertiary/aromatic N) is 1. The van der Waals surface area contributed by atoms with Gasteiger partial charge in [-0.25, -0.2) is 9.18 Å². The molecule has 2 rings (SSSR count). The molecule has 0 aliphatic carbocycles. The number of nitrogens with one attached hydrogen (secondary N) is 2. The van der Waals surface area contributed by atoms with Gasteiger partial charge in [-0.05, 0) is 32.9 Å². The van der Waals surface area contributed by atoms with E-state index in [9.17, 15) is 9.18 Å². The first-order chi connectivity index (χ1) is 11.5. The Morgan fingerprint density at radius 1 is 1.33 bits per heavy atom. The van der Waals surface area contributed by atoms with Crippen LogP contribution in [0.4, 0.5) is 14.9 Å². The molecule has 2 amide bonds. The fraction of sp³-hybridized carbons (Fsp3) is 0.588. The van der Waals surface area contributed by atoms with Gasteiger partial charge >= 0.3 is 6.03 Å². The normalized spacial score (nSPS) is 16.7. The molecule has 1 unspecified atom stereocenters. The van der Waals surface area contributed by atoms with Crippen LogP contribution in [0.2, 0.25) is 0 Å². The molecular formula is C17H26FN3O3. The molecule has 1 aliphatic heterocycles. The van der Waals surface area contributed by atoms with Crippen molar-refractivity contribution in [3.63, 3.8) is 0 Å². The number of rotatable bonds is 6. The maximum atomic E-state index is 14.0. The first-order valence-electron chi connectivity index (χ1n) is 8.28. The zero-order valence-corrected chi connectivity index (χ0v) is 14.5. The van der Waals surface area contributed by atoms with Gasteiger partial charge in [-0.2, -0.15) is 0 Å². The number of halogens is 1. The molecule has 0 bridgehead atoms. The summed E-state index contributed by atoms with van der Waals surface area (Å²) >= 11 is 0. The molecule has 0 saturated carbocycles. The third-order valence-corrected chi connectivity index (χ3v) is 3.79. The molecule has 1 aromatic carbocycles. The number of morpholine rings is 1. The molecule has 1 aromatic rings. The first-order valence-corrected chi connectivity index (χ1v) is 8.28. The van der Waals surface area contributed by atoms with E-state index in [0.29, 0.717) is 25.5 Å². The quantitative estimate of drug-likeness (QED) is 0.836. The van der Waals surface area contributed by atoms with Crippen LogP contribution in [0.5, 0.6) is 5.75 Å². The molecule has 1 heterocycles. The molecule has 0 aromatic heterocycles. The van der Waals surface area contributed by atoms with Crippen molar-refractivity contribution in [2.24, 2.45) is 0 Å². The fourth-order valence-electron chi connectivity index (χ4n) is 2.50. The van der Waals surface area contributed by atoms with Gasteiger partial charge in [0.2, 0.25) is 0 Å². The molecular weight excluding hydrogens is 313 g/mol. The highest BCUT2D eigenvalue weighted by atomic mass is 19.1. The second-order valence-electron chi connectivity index (χ2n) is 6.14. The smallest absolute Gasteiger partial charge is 0.319 e. The molecule has 0 spiro atoms. The Hall–Kier alpha value is -1.86. The number of hydrogen-bond donors (Lipinski definition) is 2. The van der Waals surface area contributed by atoms with Crippen LogP contribution in [-0.2, 0) is 4.74 Å². The standard InChI is InChI=1S/C17H26FN3O3/c1-12(2)24-14-4-5-16(15(18)10-14)20-17(22)19-11-13(3)21-6-8-23-9-7-21/h4-5,10,12-13H,6-9,11H2,1-3H3,(H2,19,20,22). The van der Waals surface area contributed by atoms with Crippen LogP contribution >= 0.6 is 0 Å². The van der Waals surface area contributed by atoms with Crippen molar-refractivity contribution in [3.05, 3.63) is 24.0 Å². The van der Waals surface area contributed by atoms with Gasteiger partial charge in [-0.15, -0.1) is 0 Å². The van der Waals surface area contributed by atoms with E-state index < -0.39 is 11.8 Å². The van der Waals surface area contributed by atoms with Crippen LogP contribution in [-0.4, -0.2) is 55.9 Å². The summed E-state index contributed by atoms with van der Waals surface area (Å²) in [5, 5.41) is 5.30. The highest BCUT2D eigenvalue weighted by molar-refractivity contribution is 5.89. The molecule has 24 heavy (non-hydrogen) atoms. The summed E-state index contributed by atoms with van der Waals surface area (Å²) in [7, 11) is 0. The number of carbonyl (C=O) groups excluding carboxylic acids is 1. The van der Waals surface area contributed by atoms with Gasteiger partial charge in [0, 0.05) is 31.7 Å². The molecule has 0 radical (unpaired) electrons. The van der Waals surface area contributed by atoms with Gasteiger partial charge in [0.15, 0.2) is 0 Å². The number of urea groups is 1. The predicted molar refractivity (Wildman–Crippen MR) is 91.0 cm³/mol. The minimum Gasteiger partial charge on any atom is -0.491 e. The van der Waals surface area contributed by atoms with Crippen LogP contribution in [0.25, 0.3) is 0 Å². The minimum atomic E-state index is -0.524. The SMILES string of the molecule is CC(C)Oc1ccc(NC(=O)NCC(C)N2CCOCC2)c(F)c1. The van der Waals surface area contributed by atoms with Crippen molar-refractivity contribution in [2.75, 3.05) is 38.2 Å². The van der Waals surface area contributed by atoms with E-state index in [1.165, 1.54) is 12.1 Å². The van der Waals surface area contributed by atoms with E-state index in [-0.39, 0.29) is 17.8 Å². The average molecular weight is 339 g/mol. The van der Waals surface area contributed by atoms with Crippen molar-refractivity contribution in [3.8, 4) is 5.75 Å². The monoisotopic (exact) mass is 339 g/mol. The number of hydrogen-bond acceptors (Lipinski definition) is 4. The minimum absolute atomic E-state index is 0.0341. The number of benzene rings is 1. The second-order valence-corrected chi connectivity index (χ2v) is 6.14. The highest BCUT2D eigenvalue weighted by Gasteiger charge is 2.17. The molecule has 6 nitrogen and oxygen atoms in total. The summed E-state index contributed by atoms with van der Waals surface area (Å²) in [5.41, 5.74) is 0.127. The molecule has 7 heteroatoms. The topological polar surface area (TPSA) is 62.8 Å². The largest absolute Gasteiger partial charge is 0.491 e. The molecule has 1 saturated heterocycles. The Kier molecular flexibility index (Phi) is 6.81. The van der Waals surface area contributed by atoms with Crippen molar-refractivity contribution < 1.29 is 18.7 Å². The summed E-state index contributed by atoms with van der Waals surface area (Å²) in [6, 6.07) is 4.18. The van der Waals surface area contributed by atoms with Gasteiger partial charge < -0.3 is 20.1 Å². The lowest BCUT2D eigenvalue weighted by atomic mass is 10.2. The average Bonchev–Trinajstić information content (AvgIpc) is 2.55. The fourth-order valence-corrected chi connectivity index (χ4v) is 2.50. The molecule has 1 atom stereocenters. The van der Waals surface area contributed by atoms with Crippen molar-refractivity contribution >= 4 is 11.7 Å². The van der Waals surface area contributed by atoms with Crippen LogP contribution in [0.15, 0.2) is 18.2 Å². The Morgan fingerprint density at radius 2 is 2.04 bits per heavy atom. The molecule has 1 fully saturated rings. The Bertz CT molecular complexity index is 548. The lowest BCUT2D eigenvalue weighted by Crippen LogP contribution is -2.47. The summed E-state index contributed by atoms with van der Waals surface area (Å²) in [4.78, 5) is 14.2. The lowest BCUT2D eigenvalue weighted by molar-refractivity contribution is 0.0209. The van der Waals surface area contributed by atoms with E-state index in [4.69, 9.17) is 9.47 Å². The van der Waals surface area contributed by atoms with E-state index >= 15 is 0 Å². The van der Waals surface area contributed by atoms with Crippen molar-refractivity contribution in [1.82, 2.24) is 10.2 Å². The van der Waals surface area contributed by atoms with Crippen LogP contribution < -0.4 is 15.4 Å². The summed E-state index contributed by atoms with van der Waals surface area (Å²) in [6.45, 7) is 9.42. The van der Waals surface area contributed by atoms with Crippen molar-refractivity contribution in [2.45, 2.75) is 32.9 Å². The van der Waals surface area contributed by atoms with Gasteiger partial charge in [0.1, 0.15) is 11.6 Å².